The van der Waals surface area contributed by atoms with Crippen molar-refractivity contribution >= 4 is 0 Å². The number of fused-ring (bicyclic) bond motifs is 3. The van der Waals surface area contributed by atoms with Gasteiger partial charge in [0.15, 0.2) is 0 Å². The minimum Gasteiger partial charge on any atom is -0.311 e. The monoisotopic (exact) mass is 213 g/mol. The lowest BCUT2D eigenvalue weighted by molar-refractivity contribution is 0.170. The van der Waals surface area contributed by atoms with Gasteiger partial charge >= 0.3 is 0 Å². The zero-order valence-corrected chi connectivity index (χ0v) is 9.71. The lowest BCUT2D eigenvalue weighted by atomic mass is 9.73. The summed E-state index contributed by atoms with van der Waals surface area (Å²) < 4.78 is 0. The molecule has 0 radical (unpaired) electrons. The Bertz CT molecular complexity index is 384. The van der Waals surface area contributed by atoms with Gasteiger partial charge in [0, 0.05) is 12.1 Å². The molecule has 1 aromatic carbocycles. The minimum atomic E-state index is 0.626. The van der Waals surface area contributed by atoms with Crippen LogP contribution in [0, 0.1) is 5.41 Å². The van der Waals surface area contributed by atoms with Gasteiger partial charge in [-0.25, -0.2) is 0 Å². The van der Waals surface area contributed by atoms with E-state index in [1.807, 2.05) is 0 Å². The van der Waals surface area contributed by atoms with Crippen molar-refractivity contribution in [1.29, 1.82) is 0 Å². The van der Waals surface area contributed by atoms with Gasteiger partial charge in [0.05, 0.1) is 0 Å². The standard InChI is InChI=1S/C15H19N/c1-2-4-12-8-15(7-11(12)3-1)9-13-5-6-14(10-15)16-13/h1-4,13-14,16H,5-10H2. The highest BCUT2D eigenvalue weighted by Crippen LogP contribution is 2.49. The average Bonchev–Trinajstić information content (AvgIpc) is 2.78. The van der Waals surface area contributed by atoms with Crippen molar-refractivity contribution in [1.82, 2.24) is 5.32 Å². The van der Waals surface area contributed by atoms with E-state index in [9.17, 15) is 0 Å². The van der Waals surface area contributed by atoms with Crippen LogP contribution in [-0.4, -0.2) is 12.1 Å². The third-order valence-corrected chi connectivity index (χ3v) is 4.94. The Balaban J connectivity index is 1.67. The quantitative estimate of drug-likeness (QED) is 0.698. The summed E-state index contributed by atoms with van der Waals surface area (Å²) in [6.07, 6.45) is 8.36. The first-order valence-corrected chi connectivity index (χ1v) is 6.66. The molecule has 0 saturated carbocycles. The molecule has 2 fully saturated rings. The second kappa shape index (κ2) is 3.10. The molecular weight excluding hydrogens is 194 g/mol. The Hall–Kier alpha value is -0.820. The lowest BCUT2D eigenvalue weighted by Crippen LogP contribution is -2.44. The number of piperidine rings is 1. The molecule has 1 heteroatoms. The lowest BCUT2D eigenvalue weighted by Gasteiger charge is -2.38. The minimum absolute atomic E-state index is 0.626. The Morgan fingerprint density at radius 3 is 2.06 bits per heavy atom. The second-order valence-electron chi connectivity index (χ2n) is 6.17. The third-order valence-electron chi connectivity index (χ3n) is 4.94. The van der Waals surface area contributed by atoms with E-state index in [4.69, 9.17) is 0 Å². The van der Waals surface area contributed by atoms with Crippen molar-refractivity contribution < 1.29 is 0 Å². The Morgan fingerprint density at radius 2 is 1.50 bits per heavy atom. The van der Waals surface area contributed by atoms with E-state index in [1.165, 1.54) is 38.5 Å². The molecule has 4 rings (SSSR count). The summed E-state index contributed by atoms with van der Waals surface area (Å²) in [6.45, 7) is 0. The molecule has 2 unspecified atom stereocenters. The van der Waals surface area contributed by atoms with Crippen molar-refractivity contribution in [2.75, 3.05) is 0 Å². The van der Waals surface area contributed by atoms with Crippen molar-refractivity contribution in [2.45, 2.75) is 50.6 Å². The van der Waals surface area contributed by atoms with Crippen LogP contribution in [0.15, 0.2) is 24.3 Å². The highest BCUT2D eigenvalue weighted by atomic mass is 15.0. The molecule has 0 aromatic heterocycles. The van der Waals surface area contributed by atoms with E-state index in [0.29, 0.717) is 5.41 Å². The van der Waals surface area contributed by atoms with Crippen LogP contribution in [0.1, 0.15) is 36.8 Å². The van der Waals surface area contributed by atoms with Crippen LogP contribution in [-0.2, 0) is 12.8 Å². The molecule has 1 aliphatic carbocycles. The van der Waals surface area contributed by atoms with Gasteiger partial charge in [0.25, 0.3) is 0 Å². The second-order valence-corrected chi connectivity index (χ2v) is 6.17. The first-order chi connectivity index (χ1) is 7.83. The van der Waals surface area contributed by atoms with Crippen molar-refractivity contribution in [3.05, 3.63) is 35.4 Å². The molecule has 2 aliphatic heterocycles. The Labute approximate surface area is 97.2 Å². The van der Waals surface area contributed by atoms with Crippen LogP contribution >= 0.6 is 0 Å². The van der Waals surface area contributed by atoms with E-state index in [2.05, 4.69) is 29.6 Å². The molecule has 0 amide bonds. The first-order valence-electron chi connectivity index (χ1n) is 6.66. The summed E-state index contributed by atoms with van der Waals surface area (Å²) in [7, 11) is 0. The summed E-state index contributed by atoms with van der Waals surface area (Å²) in [5, 5.41) is 3.77. The van der Waals surface area contributed by atoms with Gasteiger partial charge in [-0.05, 0) is 55.1 Å². The van der Waals surface area contributed by atoms with Crippen LogP contribution in [0.25, 0.3) is 0 Å². The van der Waals surface area contributed by atoms with E-state index >= 15 is 0 Å². The molecule has 1 spiro atoms. The first kappa shape index (κ1) is 9.23. The molecule has 16 heavy (non-hydrogen) atoms. The number of nitrogens with one attached hydrogen (secondary N) is 1. The maximum absolute atomic E-state index is 3.77. The summed E-state index contributed by atoms with van der Waals surface area (Å²) >= 11 is 0. The third kappa shape index (κ3) is 1.27. The van der Waals surface area contributed by atoms with E-state index < -0.39 is 0 Å². The van der Waals surface area contributed by atoms with E-state index in [1.54, 1.807) is 11.1 Å². The number of rotatable bonds is 0. The molecule has 2 bridgehead atoms. The van der Waals surface area contributed by atoms with Gasteiger partial charge in [0.1, 0.15) is 0 Å². The van der Waals surface area contributed by atoms with Gasteiger partial charge < -0.3 is 5.32 Å². The molecule has 2 heterocycles. The number of hydrogen-bond donors (Lipinski definition) is 1. The fourth-order valence-electron chi connectivity index (χ4n) is 4.41. The molecule has 1 nitrogen and oxygen atoms in total. The zero-order chi connectivity index (χ0) is 10.6. The van der Waals surface area contributed by atoms with Crippen LogP contribution in [0.4, 0.5) is 0 Å². The topological polar surface area (TPSA) is 12.0 Å². The summed E-state index contributed by atoms with van der Waals surface area (Å²) in [5.41, 5.74) is 3.88. The van der Waals surface area contributed by atoms with E-state index in [0.717, 1.165) is 12.1 Å². The molecule has 1 aromatic rings. The Morgan fingerprint density at radius 1 is 0.938 bits per heavy atom. The molecular formula is C15H19N. The van der Waals surface area contributed by atoms with Gasteiger partial charge in [-0.2, -0.15) is 0 Å². The molecule has 84 valence electrons. The summed E-state index contributed by atoms with van der Waals surface area (Å²) in [6, 6.07) is 10.7. The maximum Gasteiger partial charge on any atom is 0.00757 e. The fraction of sp³-hybridized carbons (Fsp3) is 0.600. The van der Waals surface area contributed by atoms with Crippen LogP contribution in [0.3, 0.4) is 0 Å². The van der Waals surface area contributed by atoms with Gasteiger partial charge in [0.2, 0.25) is 0 Å². The van der Waals surface area contributed by atoms with Gasteiger partial charge in [-0.1, -0.05) is 24.3 Å². The fourth-order valence-corrected chi connectivity index (χ4v) is 4.41. The summed E-state index contributed by atoms with van der Waals surface area (Å²) in [5.74, 6) is 0. The highest BCUT2D eigenvalue weighted by molar-refractivity contribution is 5.35. The SMILES string of the molecule is c1ccc2c(c1)CC1(C2)CC2CCC(C1)N2. The molecule has 2 saturated heterocycles. The normalized spacial score (nSPS) is 34.2. The summed E-state index contributed by atoms with van der Waals surface area (Å²) in [4.78, 5) is 0. The maximum atomic E-state index is 3.77. The average molecular weight is 213 g/mol. The highest BCUT2D eigenvalue weighted by Gasteiger charge is 2.46. The van der Waals surface area contributed by atoms with Crippen LogP contribution in [0.5, 0.6) is 0 Å². The molecule has 2 atom stereocenters. The molecule has 3 aliphatic rings. The number of benzene rings is 1. The van der Waals surface area contributed by atoms with Crippen molar-refractivity contribution in [2.24, 2.45) is 5.41 Å². The van der Waals surface area contributed by atoms with Crippen molar-refractivity contribution in [3.8, 4) is 0 Å². The number of hydrogen-bond acceptors (Lipinski definition) is 1. The van der Waals surface area contributed by atoms with Gasteiger partial charge in [-0.3, -0.25) is 0 Å². The van der Waals surface area contributed by atoms with Gasteiger partial charge in [-0.15, -0.1) is 0 Å². The van der Waals surface area contributed by atoms with Crippen LogP contribution in [0.2, 0.25) is 0 Å². The Kier molecular flexibility index (Phi) is 1.79. The zero-order valence-electron chi connectivity index (χ0n) is 9.71. The molecule has 1 N–H and O–H groups in total. The smallest absolute Gasteiger partial charge is 0.00757 e. The van der Waals surface area contributed by atoms with E-state index in [-0.39, 0.29) is 0 Å². The van der Waals surface area contributed by atoms with Crippen LogP contribution < -0.4 is 5.32 Å². The largest absolute Gasteiger partial charge is 0.311 e. The predicted octanol–water partition coefficient (Wildman–Crippen LogP) is 2.69. The van der Waals surface area contributed by atoms with Crippen molar-refractivity contribution in [3.63, 3.8) is 0 Å². The predicted molar refractivity (Wildman–Crippen MR) is 65.5 cm³/mol.